The first-order valence-corrected chi connectivity index (χ1v) is 6.97. The third-order valence-corrected chi connectivity index (χ3v) is 3.79. The molecule has 0 aliphatic carbocycles. The topological polar surface area (TPSA) is 78.7 Å². The summed E-state index contributed by atoms with van der Waals surface area (Å²) < 4.78 is 1.75. The molecule has 7 nitrogen and oxygen atoms in total. The molecule has 0 spiro atoms. The van der Waals surface area contributed by atoms with Gasteiger partial charge < -0.3 is 9.69 Å². The van der Waals surface area contributed by atoms with Gasteiger partial charge in [-0.3, -0.25) is 5.21 Å². The highest BCUT2D eigenvalue weighted by atomic mass is 16.5. The molecule has 3 rings (SSSR count). The molecule has 2 bridgehead atoms. The van der Waals surface area contributed by atoms with E-state index in [2.05, 4.69) is 5.10 Å². The summed E-state index contributed by atoms with van der Waals surface area (Å²) in [5, 5.41) is 14.7. The van der Waals surface area contributed by atoms with E-state index in [1.165, 1.54) is 0 Å². The second-order valence-corrected chi connectivity index (χ2v) is 5.29. The zero-order chi connectivity index (χ0) is 14.8. The molecule has 1 radical (unpaired) electrons. The van der Waals surface area contributed by atoms with E-state index < -0.39 is 0 Å². The highest BCUT2D eigenvalue weighted by Crippen LogP contribution is 2.24. The number of amides is 2. The Morgan fingerprint density at radius 2 is 2.38 bits per heavy atom. The monoisotopic (exact) mass is 287 g/mol. The number of hydroxylamine groups is 2. The Bertz CT molecular complexity index is 586. The van der Waals surface area contributed by atoms with Gasteiger partial charge >= 0.3 is 6.03 Å². The van der Waals surface area contributed by atoms with E-state index in [-0.39, 0.29) is 12.1 Å². The van der Waals surface area contributed by atoms with Gasteiger partial charge in [0.25, 0.3) is 0 Å². The number of hydrogen-bond donors (Lipinski definition) is 1. The van der Waals surface area contributed by atoms with Gasteiger partial charge in [-0.25, -0.2) is 9.48 Å². The third-order valence-electron chi connectivity index (χ3n) is 3.79. The van der Waals surface area contributed by atoms with Crippen molar-refractivity contribution in [1.29, 1.82) is 0 Å². The van der Waals surface area contributed by atoms with Crippen LogP contribution in [0.15, 0.2) is 18.5 Å². The molecule has 8 heteroatoms. The first-order valence-electron chi connectivity index (χ1n) is 6.97. The predicted molar refractivity (Wildman–Crippen MR) is 76.5 cm³/mol. The molecule has 1 saturated heterocycles. The van der Waals surface area contributed by atoms with Gasteiger partial charge in [-0.05, 0) is 18.1 Å². The lowest BCUT2D eigenvalue weighted by atomic mass is 9.75. The first kappa shape index (κ1) is 13.9. The van der Waals surface area contributed by atoms with Crippen molar-refractivity contribution >= 4 is 25.2 Å². The number of rotatable bonds is 6. The van der Waals surface area contributed by atoms with Crippen LogP contribution in [0.4, 0.5) is 4.79 Å². The second-order valence-electron chi connectivity index (χ2n) is 5.29. The van der Waals surface area contributed by atoms with Crippen molar-refractivity contribution < 1.29 is 14.8 Å². The third kappa shape index (κ3) is 2.71. The first-order chi connectivity index (χ1) is 10.2. The number of carbonyl (C=O) groups is 2. The lowest BCUT2D eigenvalue weighted by molar-refractivity contribution is -0.0450. The minimum atomic E-state index is -0.358. The molecular weight excluding hydrogens is 271 g/mol. The van der Waals surface area contributed by atoms with Crippen molar-refractivity contribution in [1.82, 2.24) is 19.7 Å². The SMILES string of the molecule is O=C[B]CCCc1cnn(C2=CC3CN(C2)C(=O)N3O)c1. The second kappa shape index (κ2) is 5.73. The molecule has 2 aliphatic rings. The highest BCUT2D eigenvalue weighted by Gasteiger charge is 2.39. The van der Waals surface area contributed by atoms with Crippen LogP contribution in [0.25, 0.3) is 5.70 Å². The molecule has 1 unspecified atom stereocenters. The summed E-state index contributed by atoms with van der Waals surface area (Å²) >= 11 is 0. The highest BCUT2D eigenvalue weighted by molar-refractivity contribution is 6.66. The van der Waals surface area contributed by atoms with Gasteiger partial charge in [0.05, 0.1) is 30.7 Å². The van der Waals surface area contributed by atoms with E-state index in [0.29, 0.717) is 13.1 Å². The number of fused-ring (bicyclic) bond motifs is 2. The molecule has 2 aliphatic heterocycles. The summed E-state index contributed by atoms with van der Waals surface area (Å²) in [6.45, 7) is 0.973. The average Bonchev–Trinajstić information content (AvgIpc) is 3.04. The van der Waals surface area contributed by atoms with Crippen LogP contribution in [0.2, 0.25) is 6.32 Å². The van der Waals surface area contributed by atoms with Crippen LogP contribution in [-0.2, 0) is 11.2 Å². The largest absolute Gasteiger partial charge is 0.344 e. The van der Waals surface area contributed by atoms with Gasteiger partial charge in [-0.15, -0.1) is 0 Å². The molecular formula is C13H16BN4O3. The summed E-state index contributed by atoms with van der Waals surface area (Å²) in [6.07, 6.45) is 8.95. The molecule has 1 atom stereocenters. The molecule has 1 aromatic rings. The summed E-state index contributed by atoms with van der Waals surface area (Å²) in [4.78, 5) is 23.5. The van der Waals surface area contributed by atoms with Gasteiger partial charge in [-0.2, -0.15) is 10.2 Å². The van der Waals surface area contributed by atoms with Crippen LogP contribution in [0.5, 0.6) is 0 Å². The molecule has 3 heterocycles. The van der Waals surface area contributed by atoms with Gasteiger partial charge in [0, 0.05) is 12.7 Å². The zero-order valence-electron chi connectivity index (χ0n) is 11.6. The van der Waals surface area contributed by atoms with Crippen molar-refractivity contribution in [3.05, 3.63) is 24.0 Å². The van der Waals surface area contributed by atoms with Gasteiger partial charge in [-0.1, -0.05) is 12.7 Å². The minimum absolute atomic E-state index is 0.295. The number of aryl methyl sites for hydroxylation is 1. The van der Waals surface area contributed by atoms with Crippen LogP contribution in [0.1, 0.15) is 12.0 Å². The van der Waals surface area contributed by atoms with E-state index in [1.807, 2.05) is 12.3 Å². The van der Waals surface area contributed by atoms with Crippen LogP contribution in [-0.4, -0.2) is 63.6 Å². The minimum Gasteiger partial charge on any atom is -0.316 e. The summed E-state index contributed by atoms with van der Waals surface area (Å²) in [5.41, 5.74) is 1.98. The van der Waals surface area contributed by atoms with E-state index >= 15 is 0 Å². The van der Waals surface area contributed by atoms with Gasteiger partial charge in [0.1, 0.15) is 0 Å². The Hall–Kier alpha value is -2.09. The number of carbonyl (C=O) groups excluding carboxylic acids is 2. The van der Waals surface area contributed by atoms with Gasteiger partial charge in [0.2, 0.25) is 0 Å². The average molecular weight is 287 g/mol. The Kier molecular flexibility index (Phi) is 3.79. The van der Waals surface area contributed by atoms with Crippen LogP contribution in [0, 0.1) is 0 Å². The number of nitrogens with zero attached hydrogens (tertiary/aromatic N) is 4. The predicted octanol–water partition coefficient (Wildman–Crippen LogP) is 0.478. The Labute approximate surface area is 123 Å². The Morgan fingerprint density at radius 3 is 3.14 bits per heavy atom. The normalized spacial score (nSPS) is 20.7. The smallest absolute Gasteiger partial charge is 0.316 e. The Balaban J connectivity index is 1.65. The van der Waals surface area contributed by atoms with E-state index in [0.717, 1.165) is 41.7 Å². The van der Waals surface area contributed by atoms with Crippen LogP contribution >= 0.6 is 0 Å². The lowest BCUT2D eigenvalue weighted by Crippen LogP contribution is -2.31. The van der Waals surface area contributed by atoms with Crippen LogP contribution in [0.3, 0.4) is 0 Å². The number of hydrogen-bond acceptors (Lipinski definition) is 4. The molecule has 1 fully saturated rings. The molecule has 109 valence electrons. The molecule has 0 saturated carbocycles. The van der Waals surface area contributed by atoms with Gasteiger partial charge in [0.15, 0.2) is 7.28 Å². The van der Waals surface area contributed by atoms with Crippen molar-refractivity contribution in [2.45, 2.75) is 25.2 Å². The Morgan fingerprint density at radius 1 is 1.52 bits per heavy atom. The molecule has 1 N–H and O–H groups in total. The fraction of sp³-hybridized carbons (Fsp3) is 0.462. The van der Waals surface area contributed by atoms with Crippen molar-refractivity contribution in [2.24, 2.45) is 0 Å². The number of urea groups is 1. The van der Waals surface area contributed by atoms with E-state index in [9.17, 15) is 14.8 Å². The standard InChI is InChI=1S/C13H16BN4O3/c19-9-14-3-1-2-10-5-15-17(6-10)11-4-12-8-16(7-11)13(20)18(12)21/h4-6,9,12,21H,1-3,7-8H2. The quantitative estimate of drug-likeness (QED) is 0.357. The summed E-state index contributed by atoms with van der Waals surface area (Å²) in [7, 11) is 1.61. The molecule has 21 heavy (non-hydrogen) atoms. The number of aromatic nitrogens is 2. The van der Waals surface area contributed by atoms with E-state index in [1.54, 1.807) is 23.1 Å². The van der Waals surface area contributed by atoms with Crippen molar-refractivity contribution in [3.8, 4) is 0 Å². The van der Waals surface area contributed by atoms with Crippen molar-refractivity contribution in [3.63, 3.8) is 0 Å². The molecule has 2 amide bonds. The summed E-state index contributed by atoms with van der Waals surface area (Å²) in [5.74, 6) is 0. The molecule has 0 aromatic carbocycles. The van der Waals surface area contributed by atoms with E-state index in [4.69, 9.17) is 0 Å². The maximum atomic E-state index is 11.7. The van der Waals surface area contributed by atoms with Crippen molar-refractivity contribution in [2.75, 3.05) is 13.1 Å². The summed E-state index contributed by atoms with van der Waals surface area (Å²) in [6, 6.07) is -0.654. The fourth-order valence-corrected chi connectivity index (χ4v) is 2.68. The maximum absolute atomic E-state index is 11.7. The maximum Gasteiger partial charge on any atom is 0.344 e. The fourth-order valence-electron chi connectivity index (χ4n) is 2.68. The van der Waals surface area contributed by atoms with Crippen LogP contribution < -0.4 is 0 Å². The lowest BCUT2D eigenvalue weighted by Gasteiger charge is -2.20. The zero-order valence-corrected chi connectivity index (χ0v) is 11.6. The molecule has 1 aromatic heterocycles.